The lowest BCUT2D eigenvalue weighted by Gasteiger charge is -2.17. The van der Waals surface area contributed by atoms with Gasteiger partial charge in [-0.05, 0) is 58.4 Å². The molecule has 102 valence electrons. The molecule has 0 N–H and O–H groups in total. The van der Waals surface area contributed by atoms with Gasteiger partial charge in [0.05, 0.1) is 16.1 Å². The van der Waals surface area contributed by atoms with Crippen molar-refractivity contribution in [3.8, 4) is 6.07 Å². The second-order valence-corrected chi connectivity index (χ2v) is 5.59. The van der Waals surface area contributed by atoms with Crippen LogP contribution in [0.25, 0.3) is 0 Å². The first-order valence-corrected chi connectivity index (χ1v) is 6.99. The van der Waals surface area contributed by atoms with Crippen LogP contribution >= 0.6 is 15.9 Å². The van der Waals surface area contributed by atoms with Crippen LogP contribution in [0.4, 0.5) is 4.39 Å². The fourth-order valence-corrected chi connectivity index (χ4v) is 2.48. The molecule has 0 unspecified atom stereocenters. The topological polar surface area (TPSA) is 27.0 Å². The fraction of sp³-hybridized carbons (Fsp3) is 0.188. The molecule has 2 nitrogen and oxygen atoms in total. The minimum atomic E-state index is -0.252. The summed E-state index contributed by atoms with van der Waals surface area (Å²) in [6, 6.07) is 14.7. The van der Waals surface area contributed by atoms with Crippen LogP contribution < -0.4 is 0 Å². The first-order chi connectivity index (χ1) is 9.58. The van der Waals surface area contributed by atoms with E-state index < -0.39 is 0 Å². The summed E-state index contributed by atoms with van der Waals surface area (Å²) in [6.45, 7) is 1.46. The Kier molecular flexibility index (Phi) is 4.89. The molecule has 0 saturated carbocycles. The van der Waals surface area contributed by atoms with Gasteiger partial charge >= 0.3 is 0 Å². The largest absolute Gasteiger partial charge is 0.298 e. The number of halogens is 2. The average molecular weight is 333 g/mol. The summed E-state index contributed by atoms with van der Waals surface area (Å²) in [5, 5.41) is 8.88. The van der Waals surface area contributed by atoms with Crippen LogP contribution in [0.15, 0.2) is 46.9 Å². The molecule has 0 radical (unpaired) electrons. The van der Waals surface area contributed by atoms with Crippen molar-refractivity contribution in [2.75, 3.05) is 7.05 Å². The summed E-state index contributed by atoms with van der Waals surface area (Å²) >= 11 is 3.19. The van der Waals surface area contributed by atoms with Crippen LogP contribution in [0.5, 0.6) is 0 Å². The highest BCUT2D eigenvalue weighted by Gasteiger charge is 2.05. The number of rotatable bonds is 4. The molecule has 0 aliphatic carbocycles. The molecule has 0 amide bonds. The molecular formula is C16H14BrFN2. The van der Waals surface area contributed by atoms with Crippen molar-refractivity contribution in [3.05, 3.63) is 69.4 Å². The SMILES string of the molecule is CN(Cc1cccc(C#N)c1)Cc1ccc(F)c(Br)c1. The third-order valence-electron chi connectivity index (χ3n) is 2.95. The minimum absolute atomic E-state index is 0.252. The fourth-order valence-electron chi connectivity index (χ4n) is 2.06. The monoisotopic (exact) mass is 332 g/mol. The Morgan fingerprint density at radius 1 is 1.15 bits per heavy atom. The van der Waals surface area contributed by atoms with Crippen LogP contribution in [0, 0.1) is 17.1 Å². The van der Waals surface area contributed by atoms with E-state index in [-0.39, 0.29) is 5.82 Å². The maximum absolute atomic E-state index is 13.2. The van der Waals surface area contributed by atoms with Gasteiger partial charge in [0, 0.05) is 13.1 Å². The Balaban J connectivity index is 2.03. The molecule has 2 aromatic carbocycles. The molecule has 0 aliphatic rings. The lowest BCUT2D eigenvalue weighted by molar-refractivity contribution is 0.319. The van der Waals surface area contributed by atoms with Gasteiger partial charge in [-0.25, -0.2) is 4.39 Å². The summed E-state index contributed by atoms with van der Waals surface area (Å²) in [5.74, 6) is -0.252. The first kappa shape index (κ1) is 14.7. The molecule has 0 heterocycles. The molecule has 0 saturated heterocycles. The van der Waals surface area contributed by atoms with E-state index in [9.17, 15) is 4.39 Å². The van der Waals surface area contributed by atoms with Gasteiger partial charge in [0.25, 0.3) is 0 Å². The zero-order valence-electron chi connectivity index (χ0n) is 11.1. The van der Waals surface area contributed by atoms with E-state index in [2.05, 4.69) is 26.9 Å². The van der Waals surface area contributed by atoms with Crippen LogP contribution in [0.1, 0.15) is 16.7 Å². The molecule has 0 spiro atoms. The molecule has 2 aromatic rings. The Bertz CT molecular complexity index is 649. The Labute approximate surface area is 126 Å². The van der Waals surface area contributed by atoms with E-state index in [0.29, 0.717) is 10.0 Å². The molecule has 20 heavy (non-hydrogen) atoms. The molecule has 0 fully saturated rings. The lowest BCUT2D eigenvalue weighted by atomic mass is 10.1. The van der Waals surface area contributed by atoms with Crippen molar-refractivity contribution >= 4 is 15.9 Å². The molecule has 0 bridgehead atoms. The van der Waals surface area contributed by atoms with Gasteiger partial charge in [0.1, 0.15) is 5.82 Å². The van der Waals surface area contributed by atoms with Crippen molar-refractivity contribution in [1.82, 2.24) is 4.90 Å². The summed E-state index contributed by atoms with van der Waals surface area (Å²) in [7, 11) is 2.00. The van der Waals surface area contributed by atoms with Crippen molar-refractivity contribution in [2.24, 2.45) is 0 Å². The van der Waals surface area contributed by atoms with Crippen LogP contribution in [-0.2, 0) is 13.1 Å². The van der Waals surface area contributed by atoms with Crippen molar-refractivity contribution in [3.63, 3.8) is 0 Å². The number of hydrogen-bond donors (Lipinski definition) is 0. The van der Waals surface area contributed by atoms with E-state index in [1.165, 1.54) is 6.07 Å². The molecular weight excluding hydrogens is 319 g/mol. The Hall–Kier alpha value is -1.70. The first-order valence-electron chi connectivity index (χ1n) is 6.20. The van der Waals surface area contributed by atoms with E-state index >= 15 is 0 Å². The third-order valence-corrected chi connectivity index (χ3v) is 3.55. The van der Waals surface area contributed by atoms with Gasteiger partial charge in [-0.2, -0.15) is 5.26 Å². The summed E-state index contributed by atoms with van der Waals surface area (Å²) < 4.78 is 13.7. The molecule has 2 rings (SSSR count). The van der Waals surface area contributed by atoms with Crippen LogP contribution in [-0.4, -0.2) is 11.9 Å². The molecule has 4 heteroatoms. The van der Waals surface area contributed by atoms with Gasteiger partial charge in [-0.15, -0.1) is 0 Å². The van der Waals surface area contributed by atoms with Gasteiger partial charge in [0.15, 0.2) is 0 Å². The Morgan fingerprint density at radius 2 is 1.85 bits per heavy atom. The Morgan fingerprint density at radius 3 is 2.50 bits per heavy atom. The summed E-state index contributed by atoms with van der Waals surface area (Å²) in [5.41, 5.74) is 2.80. The van der Waals surface area contributed by atoms with Gasteiger partial charge in [-0.1, -0.05) is 18.2 Å². The van der Waals surface area contributed by atoms with E-state index in [0.717, 1.165) is 24.2 Å². The van der Waals surface area contributed by atoms with Gasteiger partial charge < -0.3 is 0 Å². The third kappa shape index (κ3) is 3.89. The second-order valence-electron chi connectivity index (χ2n) is 4.73. The number of nitrogens with zero attached hydrogens (tertiary/aromatic N) is 2. The second kappa shape index (κ2) is 6.65. The van der Waals surface area contributed by atoms with E-state index in [4.69, 9.17) is 5.26 Å². The van der Waals surface area contributed by atoms with E-state index in [1.54, 1.807) is 18.2 Å². The highest BCUT2D eigenvalue weighted by atomic mass is 79.9. The number of nitriles is 1. The maximum atomic E-state index is 13.2. The predicted octanol–water partition coefficient (Wildman–Crippen LogP) is 4.09. The normalized spacial score (nSPS) is 10.6. The summed E-state index contributed by atoms with van der Waals surface area (Å²) in [6.07, 6.45) is 0. The van der Waals surface area contributed by atoms with Gasteiger partial charge in [0.2, 0.25) is 0 Å². The smallest absolute Gasteiger partial charge is 0.137 e. The summed E-state index contributed by atoms with van der Waals surface area (Å²) in [4.78, 5) is 2.12. The zero-order chi connectivity index (χ0) is 14.5. The van der Waals surface area contributed by atoms with Gasteiger partial charge in [-0.3, -0.25) is 4.90 Å². The lowest BCUT2D eigenvalue weighted by Crippen LogP contribution is -2.17. The number of hydrogen-bond acceptors (Lipinski definition) is 2. The zero-order valence-corrected chi connectivity index (χ0v) is 12.7. The minimum Gasteiger partial charge on any atom is -0.298 e. The van der Waals surface area contributed by atoms with Crippen molar-refractivity contribution in [2.45, 2.75) is 13.1 Å². The predicted molar refractivity (Wildman–Crippen MR) is 80.4 cm³/mol. The standard InChI is InChI=1S/C16H14BrFN2/c1-20(10-13-4-2-3-12(7-13)9-19)11-14-5-6-16(18)15(17)8-14/h2-8H,10-11H2,1H3. The van der Waals surface area contributed by atoms with Crippen LogP contribution in [0.2, 0.25) is 0 Å². The van der Waals surface area contributed by atoms with Crippen molar-refractivity contribution in [1.29, 1.82) is 5.26 Å². The highest BCUT2D eigenvalue weighted by Crippen LogP contribution is 2.18. The quantitative estimate of drug-likeness (QED) is 0.843. The molecule has 0 aromatic heterocycles. The van der Waals surface area contributed by atoms with Crippen molar-refractivity contribution < 1.29 is 4.39 Å². The number of benzene rings is 2. The highest BCUT2D eigenvalue weighted by molar-refractivity contribution is 9.10. The maximum Gasteiger partial charge on any atom is 0.137 e. The molecule has 0 aliphatic heterocycles. The average Bonchev–Trinajstić information content (AvgIpc) is 2.43. The van der Waals surface area contributed by atoms with Crippen LogP contribution in [0.3, 0.4) is 0 Å². The molecule has 0 atom stereocenters. The van der Waals surface area contributed by atoms with E-state index in [1.807, 2.05) is 25.2 Å².